The molecule has 0 unspecified atom stereocenters. The highest BCUT2D eigenvalue weighted by atomic mass is 32.1. The minimum atomic E-state index is -0.175. The van der Waals surface area contributed by atoms with E-state index < -0.39 is 0 Å². The van der Waals surface area contributed by atoms with Gasteiger partial charge in [0.2, 0.25) is 0 Å². The molecule has 1 N–H and O–H groups in total. The van der Waals surface area contributed by atoms with Gasteiger partial charge in [-0.25, -0.2) is 4.68 Å². The molecule has 8 heteroatoms. The topological polar surface area (TPSA) is 79.7 Å². The normalized spacial score (nSPS) is 12.2. The maximum Gasteiger partial charge on any atom is 0.252 e. The van der Waals surface area contributed by atoms with Crippen LogP contribution in [-0.2, 0) is 25.2 Å². The van der Waals surface area contributed by atoms with Crippen LogP contribution in [0, 0.1) is 6.92 Å². The summed E-state index contributed by atoms with van der Waals surface area (Å²) in [6.45, 7) is 10.2. The summed E-state index contributed by atoms with van der Waals surface area (Å²) in [6, 6.07) is 12.2. The van der Waals surface area contributed by atoms with Crippen molar-refractivity contribution in [2.45, 2.75) is 59.3 Å². The Balaban J connectivity index is 1.67. The number of aryl methyl sites for hydroxylation is 1. The van der Waals surface area contributed by atoms with Crippen molar-refractivity contribution in [3.8, 4) is 0 Å². The number of benzene rings is 1. The van der Waals surface area contributed by atoms with Crippen LogP contribution in [0.15, 0.2) is 46.6 Å². The van der Waals surface area contributed by atoms with Crippen LogP contribution in [0.3, 0.4) is 0 Å². The number of nitrogens with zero attached hydrogens (tertiary/aromatic N) is 5. The zero-order chi connectivity index (χ0) is 22.0. The average molecular weight is 437 g/mol. The van der Waals surface area contributed by atoms with Crippen molar-refractivity contribution in [2.75, 3.05) is 0 Å². The van der Waals surface area contributed by atoms with Crippen LogP contribution in [0.25, 0.3) is 10.9 Å². The van der Waals surface area contributed by atoms with Crippen LogP contribution in [0.1, 0.15) is 49.0 Å². The van der Waals surface area contributed by atoms with Gasteiger partial charge in [0.1, 0.15) is 0 Å². The summed E-state index contributed by atoms with van der Waals surface area (Å²) in [5, 5.41) is 15.6. The van der Waals surface area contributed by atoms with Gasteiger partial charge in [-0.1, -0.05) is 31.2 Å². The molecular weight excluding hydrogens is 408 g/mol. The molecule has 1 aromatic carbocycles. The molecule has 0 radical (unpaired) electrons. The molecule has 0 aliphatic rings. The van der Waals surface area contributed by atoms with Crippen molar-refractivity contribution in [3.05, 3.63) is 74.0 Å². The van der Waals surface area contributed by atoms with Crippen molar-refractivity contribution in [1.29, 1.82) is 0 Å². The molecule has 162 valence electrons. The number of nitrogens with one attached hydrogen (secondary N) is 1. The molecule has 0 saturated heterocycles. The number of H-pyrrole nitrogens is 1. The van der Waals surface area contributed by atoms with Gasteiger partial charge in [-0.15, -0.1) is 16.4 Å². The lowest BCUT2D eigenvalue weighted by Crippen LogP contribution is -2.32. The van der Waals surface area contributed by atoms with Gasteiger partial charge < -0.3 is 4.98 Å². The molecule has 0 bridgehead atoms. The summed E-state index contributed by atoms with van der Waals surface area (Å²) in [7, 11) is 0. The van der Waals surface area contributed by atoms with Crippen LogP contribution in [-0.4, -0.2) is 30.1 Å². The molecule has 4 aromatic rings. The second-order valence-corrected chi connectivity index (χ2v) is 9.59. The van der Waals surface area contributed by atoms with E-state index in [-0.39, 0.29) is 11.1 Å². The molecule has 31 heavy (non-hydrogen) atoms. The zero-order valence-corrected chi connectivity index (χ0v) is 19.2. The molecule has 0 aliphatic carbocycles. The maximum atomic E-state index is 12.9. The molecule has 7 nitrogen and oxygen atoms in total. The fraction of sp³-hybridized carbons (Fsp3) is 0.391. The maximum absolute atomic E-state index is 12.9. The summed E-state index contributed by atoms with van der Waals surface area (Å²) in [6.07, 6.45) is 0.916. The molecule has 0 amide bonds. The zero-order valence-electron chi connectivity index (χ0n) is 18.4. The highest BCUT2D eigenvalue weighted by Crippen LogP contribution is 2.22. The van der Waals surface area contributed by atoms with Crippen LogP contribution in [0.5, 0.6) is 0 Å². The van der Waals surface area contributed by atoms with Gasteiger partial charge in [-0.05, 0) is 66.1 Å². The lowest BCUT2D eigenvalue weighted by atomic mass is 10.0. The first kappa shape index (κ1) is 21.4. The minimum absolute atomic E-state index is 0.0496. The Hall–Kier alpha value is -2.84. The number of rotatable bonds is 8. The van der Waals surface area contributed by atoms with E-state index in [4.69, 9.17) is 0 Å². The highest BCUT2D eigenvalue weighted by molar-refractivity contribution is 7.09. The van der Waals surface area contributed by atoms with E-state index in [1.807, 2.05) is 41.9 Å². The van der Waals surface area contributed by atoms with Gasteiger partial charge >= 0.3 is 0 Å². The van der Waals surface area contributed by atoms with E-state index in [0.717, 1.165) is 40.8 Å². The van der Waals surface area contributed by atoms with Gasteiger partial charge in [0.05, 0.1) is 17.6 Å². The van der Waals surface area contributed by atoms with Crippen LogP contribution in [0.4, 0.5) is 0 Å². The number of hydrogen-bond acceptors (Lipinski definition) is 6. The molecule has 0 atom stereocenters. The van der Waals surface area contributed by atoms with Crippen molar-refractivity contribution >= 4 is 22.2 Å². The largest absolute Gasteiger partial charge is 0.321 e. The Bertz CT molecular complexity index is 1220. The predicted octanol–water partition coefficient (Wildman–Crippen LogP) is 4.23. The lowest BCUT2D eigenvalue weighted by molar-refractivity contribution is 0.218. The Labute approximate surface area is 185 Å². The Morgan fingerprint density at radius 2 is 2.00 bits per heavy atom. The number of pyridine rings is 1. The first-order chi connectivity index (χ1) is 14.9. The first-order valence-electron chi connectivity index (χ1n) is 10.5. The fourth-order valence-corrected chi connectivity index (χ4v) is 4.45. The fourth-order valence-electron chi connectivity index (χ4n) is 3.70. The smallest absolute Gasteiger partial charge is 0.252 e. The van der Waals surface area contributed by atoms with Crippen molar-refractivity contribution in [1.82, 2.24) is 30.1 Å². The Morgan fingerprint density at radius 3 is 2.74 bits per heavy atom. The van der Waals surface area contributed by atoms with Gasteiger partial charge in [0.25, 0.3) is 5.56 Å². The summed E-state index contributed by atoms with van der Waals surface area (Å²) in [5.74, 6) is 0.802. The van der Waals surface area contributed by atoms with Gasteiger partial charge in [-0.3, -0.25) is 9.69 Å². The number of thiophene rings is 1. The van der Waals surface area contributed by atoms with E-state index in [9.17, 15) is 4.79 Å². The van der Waals surface area contributed by atoms with Crippen LogP contribution in [0.2, 0.25) is 0 Å². The number of hydrogen-bond donors (Lipinski definition) is 1. The second-order valence-electron chi connectivity index (χ2n) is 8.56. The minimum Gasteiger partial charge on any atom is -0.321 e. The van der Waals surface area contributed by atoms with E-state index in [1.165, 1.54) is 4.88 Å². The lowest BCUT2D eigenvalue weighted by Gasteiger charge is -2.26. The summed E-state index contributed by atoms with van der Waals surface area (Å²) >= 11 is 1.71. The highest BCUT2D eigenvalue weighted by Gasteiger charge is 2.25. The molecule has 0 saturated carbocycles. The molecule has 0 spiro atoms. The number of para-hydroxylation sites is 1. The van der Waals surface area contributed by atoms with Gasteiger partial charge in [0, 0.05) is 23.5 Å². The number of fused-ring (bicyclic) bond motifs is 1. The Kier molecular flexibility index (Phi) is 6.02. The van der Waals surface area contributed by atoms with E-state index in [0.29, 0.717) is 13.1 Å². The predicted molar refractivity (Wildman–Crippen MR) is 124 cm³/mol. The van der Waals surface area contributed by atoms with E-state index in [2.05, 4.69) is 57.6 Å². The number of aromatic nitrogens is 5. The van der Waals surface area contributed by atoms with Crippen molar-refractivity contribution in [3.63, 3.8) is 0 Å². The van der Waals surface area contributed by atoms with Gasteiger partial charge in [0.15, 0.2) is 5.82 Å². The molecule has 4 rings (SSSR count). The van der Waals surface area contributed by atoms with Crippen molar-refractivity contribution in [2.24, 2.45) is 0 Å². The second kappa shape index (κ2) is 8.72. The molecular formula is C23H28N6OS. The number of tetrazole rings is 1. The molecule has 0 aliphatic heterocycles. The molecule has 3 heterocycles. The van der Waals surface area contributed by atoms with Crippen molar-refractivity contribution < 1.29 is 0 Å². The van der Waals surface area contributed by atoms with E-state index >= 15 is 0 Å². The average Bonchev–Trinajstić information content (AvgIpc) is 3.42. The third-order valence-corrected chi connectivity index (χ3v) is 6.72. The monoisotopic (exact) mass is 436 g/mol. The van der Waals surface area contributed by atoms with Gasteiger partial charge in [-0.2, -0.15) is 0 Å². The number of aromatic amines is 1. The van der Waals surface area contributed by atoms with E-state index in [1.54, 1.807) is 11.3 Å². The quantitative estimate of drug-likeness (QED) is 0.447. The summed E-state index contributed by atoms with van der Waals surface area (Å²) in [5.41, 5.74) is 2.48. The SMILES string of the molecule is CCC(C)(C)n1nnnc1CN(Cc1cccs1)Cc1cc2cccc(C)c2[nH]c1=O. The van der Waals surface area contributed by atoms with Crippen LogP contribution >= 0.6 is 11.3 Å². The third kappa shape index (κ3) is 4.60. The Morgan fingerprint density at radius 1 is 1.16 bits per heavy atom. The standard InChI is InChI=1S/C23H28N6OS/c1-5-23(3,4)29-20(25-26-27-29)15-28(14-19-10-7-11-31-19)13-18-12-17-9-6-8-16(2)21(17)24-22(18)30/h6-12H,5,13-15H2,1-4H3,(H,24,30). The summed E-state index contributed by atoms with van der Waals surface area (Å²) < 4.78 is 1.91. The molecule has 3 aromatic heterocycles. The summed E-state index contributed by atoms with van der Waals surface area (Å²) in [4.78, 5) is 19.4. The molecule has 0 fully saturated rings. The van der Waals surface area contributed by atoms with Crippen LogP contribution < -0.4 is 5.56 Å². The first-order valence-corrected chi connectivity index (χ1v) is 11.4. The third-order valence-electron chi connectivity index (χ3n) is 5.86.